The number of hydrogen-bond donors (Lipinski definition) is 2. The van der Waals surface area contributed by atoms with Crippen LogP contribution in [0.25, 0.3) is 11.5 Å². The van der Waals surface area contributed by atoms with E-state index in [1.807, 2.05) is 12.1 Å². The van der Waals surface area contributed by atoms with Gasteiger partial charge in [-0.1, -0.05) is 30.5 Å². The van der Waals surface area contributed by atoms with E-state index in [2.05, 4.69) is 46.6 Å². The first-order valence-electron chi connectivity index (χ1n) is 9.31. The predicted molar refractivity (Wildman–Crippen MR) is 117 cm³/mol. The highest BCUT2D eigenvalue weighted by atomic mass is 127. The fourth-order valence-corrected chi connectivity index (χ4v) is 3.12. The maximum Gasteiger partial charge on any atom is 0.226 e. The predicted octanol–water partition coefficient (Wildman–Crippen LogP) is 4.31. The van der Waals surface area contributed by atoms with E-state index < -0.39 is 0 Å². The van der Waals surface area contributed by atoms with Gasteiger partial charge >= 0.3 is 0 Å². The second-order valence-electron chi connectivity index (χ2n) is 6.65. The van der Waals surface area contributed by atoms with Gasteiger partial charge in [-0.2, -0.15) is 0 Å². The van der Waals surface area contributed by atoms with Crippen molar-refractivity contribution in [3.63, 3.8) is 0 Å². The van der Waals surface area contributed by atoms with Crippen LogP contribution in [0.4, 0.5) is 0 Å². The summed E-state index contributed by atoms with van der Waals surface area (Å²) in [4.78, 5) is 9.26. The highest BCUT2D eigenvalue weighted by Gasteiger charge is 2.15. The van der Waals surface area contributed by atoms with Gasteiger partial charge in [0.15, 0.2) is 5.96 Å². The van der Waals surface area contributed by atoms with Crippen LogP contribution >= 0.6 is 24.0 Å². The van der Waals surface area contributed by atoms with Crippen LogP contribution in [-0.2, 0) is 6.42 Å². The minimum Gasteiger partial charge on any atom is -0.444 e. The molecule has 2 aromatic rings. The molecular formula is C20H29IN4O. The third-order valence-electron chi connectivity index (χ3n) is 4.53. The Labute approximate surface area is 173 Å². The number of aromatic nitrogens is 1. The zero-order valence-electron chi connectivity index (χ0n) is 15.6. The van der Waals surface area contributed by atoms with Crippen LogP contribution in [0.3, 0.4) is 0 Å². The highest BCUT2D eigenvalue weighted by Crippen LogP contribution is 2.19. The van der Waals surface area contributed by atoms with Gasteiger partial charge in [0.25, 0.3) is 0 Å². The monoisotopic (exact) mass is 468 g/mol. The van der Waals surface area contributed by atoms with Gasteiger partial charge in [-0.25, -0.2) is 4.98 Å². The molecule has 0 aliphatic heterocycles. The van der Waals surface area contributed by atoms with Crippen molar-refractivity contribution in [3.8, 4) is 11.5 Å². The molecule has 1 heterocycles. The van der Waals surface area contributed by atoms with Crippen molar-refractivity contribution in [1.29, 1.82) is 0 Å². The fraction of sp³-hybridized carbons (Fsp3) is 0.500. The van der Waals surface area contributed by atoms with Crippen LogP contribution in [0.2, 0.25) is 0 Å². The van der Waals surface area contributed by atoms with E-state index in [1.54, 1.807) is 6.26 Å². The van der Waals surface area contributed by atoms with Gasteiger partial charge in [-0.3, -0.25) is 4.99 Å². The number of oxazole rings is 1. The molecular weight excluding hydrogens is 439 g/mol. The summed E-state index contributed by atoms with van der Waals surface area (Å²) in [5.74, 6) is 1.59. The molecule has 3 rings (SSSR count). The van der Waals surface area contributed by atoms with E-state index in [1.165, 1.54) is 31.2 Å². The van der Waals surface area contributed by atoms with Crippen LogP contribution in [0, 0.1) is 6.92 Å². The first-order chi connectivity index (χ1) is 12.2. The largest absolute Gasteiger partial charge is 0.444 e. The van der Waals surface area contributed by atoms with Crippen molar-refractivity contribution in [2.75, 3.05) is 13.1 Å². The zero-order valence-corrected chi connectivity index (χ0v) is 18.0. The maximum absolute atomic E-state index is 5.61. The van der Waals surface area contributed by atoms with Gasteiger partial charge in [0.2, 0.25) is 5.89 Å². The van der Waals surface area contributed by atoms with Gasteiger partial charge in [-0.15, -0.1) is 24.0 Å². The quantitative estimate of drug-likeness (QED) is 0.377. The molecule has 0 radical (unpaired) electrons. The first-order valence-corrected chi connectivity index (χ1v) is 9.31. The highest BCUT2D eigenvalue weighted by molar-refractivity contribution is 14.0. The Balaban J connectivity index is 0.00000243. The van der Waals surface area contributed by atoms with Gasteiger partial charge in [-0.05, 0) is 38.8 Å². The van der Waals surface area contributed by atoms with Crippen molar-refractivity contribution in [2.24, 2.45) is 4.99 Å². The number of nitrogens with zero attached hydrogens (tertiary/aromatic N) is 2. The van der Waals surface area contributed by atoms with Crippen LogP contribution in [0.15, 0.2) is 39.9 Å². The second kappa shape index (κ2) is 10.5. The lowest BCUT2D eigenvalue weighted by Crippen LogP contribution is -2.42. The molecule has 26 heavy (non-hydrogen) atoms. The van der Waals surface area contributed by atoms with E-state index in [9.17, 15) is 0 Å². The smallest absolute Gasteiger partial charge is 0.226 e. The maximum atomic E-state index is 5.61. The Hall–Kier alpha value is -1.57. The van der Waals surface area contributed by atoms with Crippen molar-refractivity contribution in [2.45, 2.75) is 52.0 Å². The molecule has 1 saturated carbocycles. The lowest BCUT2D eigenvalue weighted by Gasteiger charge is -2.16. The van der Waals surface area contributed by atoms with Gasteiger partial charge in [0.05, 0.1) is 5.69 Å². The molecule has 0 bridgehead atoms. The molecule has 0 amide bonds. The Kier molecular flexibility index (Phi) is 8.41. The minimum atomic E-state index is 0. The summed E-state index contributed by atoms with van der Waals surface area (Å²) in [7, 11) is 0. The third kappa shape index (κ3) is 6.00. The van der Waals surface area contributed by atoms with Crippen LogP contribution in [-0.4, -0.2) is 30.1 Å². The van der Waals surface area contributed by atoms with Gasteiger partial charge in [0, 0.05) is 31.1 Å². The van der Waals surface area contributed by atoms with E-state index in [4.69, 9.17) is 4.42 Å². The Morgan fingerprint density at radius 3 is 2.65 bits per heavy atom. The van der Waals surface area contributed by atoms with Crippen molar-refractivity contribution in [1.82, 2.24) is 15.6 Å². The molecule has 0 saturated heterocycles. The van der Waals surface area contributed by atoms with Gasteiger partial charge < -0.3 is 15.1 Å². The minimum absolute atomic E-state index is 0. The van der Waals surface area contributed by atoms with Crippen LogP contribution in [0.5, 0.6) is 0 Å². The molecule has 1 aromatic heterocycles. The van der Waals surface area contributed by atoms with Crippen molar-refractivity contribution in [3.05, 3.63) is 41.8 Å². The third-order valence-corrected chi connectivity index (χ3v) is 4.53. The standard InChI is InChI=1S/C20H28N4O.HI/c1-3-21-20(24-17-6-4-5-7-17)22-13-12-18-14-25-19(23-18)16-10-8-15(2)9-11-16;/h8-11,14,17H,3-7,12-13H2,1-2H3,(H2,21,22,24);1H. The summed E-state index contributed by atoms with van der Waals surface area (Å²) < 4.78 is 5.61. The summed E-state index contributed by atoms with van der Waals surface area (Å²) in [6.45, 7) is 5.74. The van der Waals surface area contributed by atoms with Gasteiger partial charge in [0.1, 0.15) is 6.26 Å². The molecule has 1 aromatic carbocycles. The first kappa shape index (κ1) is 20.7. The Morgan fingerprint density at radius 1 is 1.23 bits per heavy atom. The molecule has 0 spiro atoms. The fourth-order valence-electron chi connectivity index (χ4n) is 3.12. The summed E-state index contributed by atoms with van der Waals surface area (Å²) in [5.41, 5.74) is 3.18. The van der Waals surface area contributed by atoms with E-state index >= 15 is 0 Å². The average molecular weight is 468 g/mol. The number of halogens is 1. The summed E-state index contributed by atoms with van der Waals surface area (Å²) in [6.07, 6.45) is 7.63. The summed E-state index contributed by atoms with van der Waals surface area (Å²) in [5, 5.41) is 6.86. The summed E-state index contributed by atoms with van der Waals surface area (Å²) >= 11 is 0. The van der Waals surface area contributed by atoms with E-state index in [0.29, 0.717) is 18.5 Å². The molecule has 6 heteroatoms. The molecule has 1 aliphatic carbocycles. The molecule has 2 N–H and O–H groups in total. The Morgan fingerprint density at radius 2 is 1.96 bits per heavy atom. The van der Waals surface area contributed by atoms with Crippen molar-refractivity contribution >= 4 is 29.9 Å². The molecule has 142 valence electrons. The zero-order chi connectivity index (χ0) is 17.5. The lowest BCUT2D eigenvalue weighted by molar-refractivity contribution is 0.572. The number of rotatable bonds is 6. The number of benzene rings is 1. The van der Waals surface area contributed by atoms with E-state index in [0.717, 1.165) is 30.2 Å². The Bertz CT molecular complexity index is 690. The average Bonchev–Trinajstić information content (AvgIpc) is 3.28. The normalized spacial score (nSPS) is 14.9. The number of aryl methyl sites for hydroxylation is 1. The molecule has 0 unspecified atom stereocenters. The number of aliphatic imine (C=N–C) groups is 1. The van der Waals surface area contributed by atoms with E-state index in [-0.39, 0.29) is 24.0 Å². The lowest BCUT2D eigenvalue weighted by atomic mass is 10.1. The SMILES string of the molecule is CCNC(=NCCc1coc(-c2ccc(C)cc2)n1)NC1CCCC1.I. The molecule has 1 fully saturated rings. The van der Waals surface area contributed by atoms with Crippen molar-refractivity contribution < 1.29 is 4.42 Å². The number of guanidine groups is 1. The molecule has 0 atom stereocenters. The van der Waals surface area contributed by atoms with Crippen LogP contribution in [0.1, 0.15) is 43.9 Å². The molecule has 5 nitrogen and oxygen atoms in total. The second-order valence-corrected chi connectivity index (χ2v) is 6.65. The summed E-state index contributed by atoms with van der Waals surface area (Å²) in [6, 6.07) is 8.79. The van der Waals surface area contributed by atoms with Crippen LogP contribution < -0.4 is 10.6 Å². The topological polar surface area (TPSA) is 62.5 Å². The number of hydrogen-bond acceptors (Lipinski definition) is 3. The number of nitrogens with one attached hydrogen (secondary N) is 2. The molecule has 1 aliphatic rings.